The van der Waals surface area contributed by atoms with E-state index in [2.05, 4.69) is 5.32 Å². The third kappa shape index (κ3) is 5.21. The fraction of sp³-hybridized carbons (Fsp3) is 0.500. The van der Waals surface area contributed by atoms with Gasteiger partial charge in [0, 0.05) is 26.8 Å². The molecule has 0 aliphatic carbocycles. The molecular formula is C16H22Cl3N3O3. The molecule has 6 nitrogen and oxygen atoms in total. The number of likely N-dealkylation sites (N-methyl/N-ethyl adjacent to an activating group) is 1. The van der Waals surface area contributed by atoms with Gasteiger partial charge >= 0.3 is 0 Å². The molecule has 2 rings (SSSR count). The van der Waals surface area contributed by atoms with Gasteiger partial charge < -0.3 is 20.7 Å². The zero-order chi connectivity index (χ0) is 17.7. The first-order chi connectivity index (χ1) is 11.4. The van der Waals surface area contributed by atoms with Crippen LogP contribution < -0.4 is 11.1 Å². The molecule has 2 amide bonds. The minimum Gasteiger partial charge on any atom is -0.381 e. The molecule has 1 aromatic rings. The van der Waals surface area contributed by atoms with Gasteiger partial charge in [0.1, 0.15) is 0 Å². The molecule has 0 unspecified atom stereocenters. The molecule has 1 fully saturated rings. The number of nitrogens with one attached hydrogen (secondary N) is 1. The minimum absolute atomic E-state index is 0. The summed E-state index contributed by atoms with van der Waals surface area (Å²) >= 11 is 12.1. The van der Waals surface area contributed by atoms with Crippen LogP contribution in [0.2, 0.25) is 10.0 Å². The Morgan fingerprint density at radius 3 is 2.36 bits per heavy atom. The molecule has 0 bridgehead atoms. The van der Waals surface area contributed by atoms with Crippen LogP contribution in [0.15, 0.2) is 18.2 Å². The Labute approximate surface area is 163 Å². The van der Waals surface area contributed by atoms with Gasteiger partial charge in [-0.15, -0.1) is 12.4 Å². The second-order valence-electron chi connectivity index (χ2n) is 5.90. The molecule has 9 heteroatoms. The SMILES string of the molecule is CN(CC(=O)Nc1c(Cl)cccc1Cl)C(=O)C1(CN)CCOCC1.Cl. The van der Waals surface area contributed by atoms with Crippen LogP contribution >= 0.6 is 35.6 Å². The number of nitrogens with two attached hydrogens (primary N) is 1. The number of anilines is 1. The zero-order valence-corrected chi connectivity index (χ0v) is 16.2. The van der Waals surface area contributed by atoms with Crippen LogP contribution in [0.25, 0.3) is 0 Å². The maximum absolute atomic E-state index is 12.7. The number of benzene rings is 1. The Morgan fingerprint density at radius 1 is 1.28 bits per heavy atom. The molecule has 140 valence electrons. The van der Waals surface area contributed by atoms with Crippen molar-refractivity contribution in [1.29, 1.82) is 0 Å². The molecular weight excluding hydrogens is 389 g/mol. The largest absolute Gasteiger partial charge is 0.381 e. The summed E-state index contributed by atoms with van der Waals surface area (Å²) < 4.78 is 5.31. The molecule has 3 N–H and O–H groups in total. The highest BCUT2D eigenvalue weighted by molar-refractivity contribution is 6.39. The molecule has 1 aromatic carbocycles. The van der Waals surface area contributed by atoms with Crippen molar-refractivity contribution in [3.05, 3.63) is 28.2 Å². The zero-order valence-electron chi connectivity index (χ0n) is 13.9. The van der Waals surface area contributed by atoms with Gasteiger partial charge in [-0.3, -0.25) is 9.59 Å². The van der Waals surface area contributed by atoms with Gasteiger partial charge in [0.05, 0.1) is 27.7 Å². The van der Waals surface area contributed by atoms with Crippen LogP contribution in [0.1, 0.15) is 12.8 Å². The number of ether oxygens (including phenoxy) is 1. The quantitative estimate of drug-likeness (QED) is 0.781. The van der Waals surface area contributed by atoms with Crippen LogP contribution in [0.3, 0.4) is 0 Å². The van der Waals surface area contributed by atoms with Crippen LogP contribution in [-0.4, -0.2) is 50.1 Å². The number of nitrogens with zero attached hydrogens (tertiary/aromatic N) is 1. The number of para-hydroxylation sites is 1. The first kappa shape index (κ1) is 22.0. The fourth-order valence-electron chi connectivity index (χ4n) is 2.76. The Balaban J connectivity index is 0.00000312. The second kappa shape index (κ2) is 9.59. The second-order valence-corrected chi connectivity index (χ2v) is 6.72. The fourth-order valence-corrected chi connectivity index (χ4v) is 3.25. The number of rotatable bonds is 5. The summed E-state index contributed by atoms with van der Waals surface area (Å²) in [6.45, 7) is 1.12. The molecule has 1 saturated heterocycles. The van der Waals surface area contributed by atoms with Gasteiger partial charge in [0.2, 0.25) is 11.8 Å². The molecule has 1 aliphatic rings. The first-order valence-electron chi connectivity index (χ1n) is 7.67. The Bertz CT molecular complexity index is 602. The molecule has 1 aliphatic heterocycles. The maximum Gasteiger partial charge on any atom is 0.244 e. The van der Waals surface area contributed by atoms with Gasteiger partial charge in [-0.25, -0.2) is 0 Å². The summed E-state index contributed by atoms with van der Waals surface area (Å²) in [5.74, 6) is -0.520. The number of halogens is 3. The molecule has 0 spiro atoms. The van der Waals surface area contributed by atoms with E-state index in [9.17, 15) is 9.59 Å². The molecule has 1 heterocycles. The topological polar surface area (TPSA) is 84.7 Å². The standard InChI is InChI=1S/C16H21Cl2N3O3.ClH/c1-21(15(23)16(10-19)5-7-24-8-6-16)9-13(22)20-14-11(17)3-2-4-12(14)18;/h2-4H,5-10,19H2,1H3,(H,20,22);1H. The third-order valence-corrected chi connectivity index (χ3v) is 4.88. The number of amides is 2. The maximum atomic E-state index is 12.7. The van der Waals surface area contributed by atoms with E-state index in [-0.39, 0.29) is 37.3 Å². The van der Waals surface area contributed by atoms with E-state index >= 15 is 0 Å². The van der Waals surface area contributed by atoms with E-state index in [1.54, 1.807) is 25.2 Å². The van der Waals surface area contributed by atoms with Crippen molar-refractivity contribution in [3.8, 4) is 0 Å². The summed E-state index contributed by atoms with van der Waals surface area (Å²) in [5, 5.41) is 3.33. The van der Waals surface area contributed by atoms with E-state index in [1.165, 1.54) is 4.90 Å². The third-order valence-electron chi connectivity index (χ3n) is 4.25. The highest BCUT2D eigenvalue weighted by Gasteiger charge is 2.40. The van der Waals surface area contributed by atoms with Gasteiger partial charge in [0.25, 0.3) is 0 Å². The van der Waals surface area contributed by atoms with Crippen molar-refractivity contribution in [3.63, 3.8) is 0 Å². The normalized spacial score (nSPS) is 15.8. The minimum atomic E-state index is -0.657. The van der Waals surface area contributed by atoms with E-state index in [0.717, 1.165) is 0 Å². The molecule has 0 aromatic heterocycles. The van der Waals surface area contributed by atoms with Gasteiger partial charge in [-0.1, -0.05) is 29.3 Å². The van der Waals surface area contributed by atoms with E-state index < -0.39 is 5.41 Å². The van der Waals surface area contributed by atoms with Gasteiger partial charge in [0.15, 0.2) is 0 Å². The van der Waals surface area contributed by atoms with E-state index in [0.29, 0.717) is 41.8 Å². The summed E-state index contributed by atoms with van der Waals surface area (Å²) in [6.07, 6.45) is 1.12. The molecule has 0 saturated carbocycles. The van der Waals surface area contributed by atoms with Crippen molar-refractivity contribution in [1.82, 2.24) is 4.90 Å². The number of carbonyl (C=O) groups excluding carboxylic acids is 2. The van der Waals surface area contributed by atoms with Crippen molar-refractivity contribution in [2.24, 2.45) is 11.1 Å². The molecule has 0 atom stereocenters. The first-order valence-corrected chi connectivity index (χ1v) is 8.42. The summed E-state index contributed by atoms with van der Waals surface area (Å²) in [6, 6.07) is 4.94. The van der Waals surface area contributed by atoms with Crippen molar-refractivity contribution in [2.75, 3.05) is 38.7 Å². The Morgan fingerprint density at radius 2 is 1.84 bits per heavy atom. The van der Waals surface area contributed by atoms with Gasteiger partial charge in [-0.05, 0) is 25.0 Å². The van der Waals surface area contributed by atoms with Crippen LogP contribution in [-0.2, 0) is 14.3 Å². The summed E-state index contributed by atoms with van der Waals surface area (Å²) in [7, 11) is 1.59. The Hall–Kier alpha value is -1.05. The lowest BCUT2D eigenvalue weighted by atomic mass is 9.79. The van der Waals surface area contributed by atoms with Crippen LogP contribution in [0, 0.1) is 5.41 Å². The summed E-state index contributed by atoms with van der Waals surface area (Å²) in [4.78, 5) is 26.3. The summed E-state index contributed by atoms with van der Waals surface area (Å²) in [5.41, 5.74) is 5.51. The van der Waals surface area contributed by atoms with Crippen molar-refractivity contribution < 1.29 is 14.3 Å². The van der Waals surface area contributed by atoms with Gasteiger partial charge in [-0.2, -0.15) is 0 Å². The number of hydrogen-bond acceptors (Lipinski definition) is 4. The van der Waals surface area contributed by atoms with E-state index in [1.807, 2.05) is 0 Å². The smallest absolute Gasteiger partial charge is 0.244 e. The predicted octanol–water partition coefficient (Wildman–Crippen LogP) is 2.57. The van der Waals surface area contributed by atoms with Crippen molar-refractivity contribution >= 4 is 53.1 Å². The predicted molar refractivity (Wildman–Crippen MR) is 102 cm³/mol. The lowest BCUT2D eigenvalue weighted by molar-refractivity contribution is -0.147. The highest BCUT2D eigenvalue weighted by Crippen LogP contribution is 2.32. The van der Waals surface area contributed by atoms with E-state index in [4.69, 9.17) is 33.7 Å². The van der Waals surface area contributed by atoms with Crippen molar-refractivity contribution in [2.45, 2.75) is 12.8 Å². The monoisotopic (exact) mass is 409 g/mol. The average Bonchev–Trinajstić information content (AvgIpc) is 2.58. The lowest BCUT2D eigenvalue weighted by Gasteiger charge is -2.37. The Kier molecular flexibility index (Phi) is 8.44. The lowest BCUT2D eigenvalue weighted by Crippen LogP contribution is -2.51. The van der Waals surface area contributed by atoms with Crippen LogP contribution in [0.5, 0.6) is 0 Å². The number of carbonyl (C=O) groups is 2. The van der Waals surface area contributed by atoms with Crippen LogP contribution in [0.4, 0.5) is 5.69 Å². The molecule has 25 heavy (non-hydrogen) atoms. The molecule has 0 radical (unpaired) electrons. The number of hydrogen-bond donors (Lipinski definition) is 2. The highest BCUT2D eigenvalue weighted by atomic mass is 35.5. The average molecular weight is 411 g/mol.